The molecule has 0 spiro atoms. The zero-order chi connectivity index (χ0) is 6.04. The Balaban J connectivity index is 2.40. The van der Waals surface area contributed by atoms with Gasteiger partial charge in [-0.1, -0.05) is 0 Å². The number of hydrogen-bond acceptors (Lipinski definition) is 3. The third-order valence-corrected chi connectivity index (χ3v) is 1.46. The first kappa shape index (κ1) is 6.01. The van der Waals surface area contributed by atoms with E-state index >= 15 is 0 Å². The summed E-state index contributed by atoms with van der Waals surface area (Å²) in [6, 6.07) is 0. The molecule has 0 aromatic carbocycles. The maximum Gasteiger partial charge on any atom is 0.102 e. The van der Waals surface area contributed by atoms with Gasteiger partial charge in [0.05, 0.1) is 6.61 Å². The van der Waals surface area contributed by atoms with E-state index in [1.807, 2.05) is 0 Å². The van der Waals surface area contributed by atoms with E-state index in [1.165, 1.54) is 0 Å². The summed E-state index contributed by atoms with van der Waals surface area (Å²) in [7, 11) is 0. The van der Waals surface area contributed by atoms with Crippen LogP contribution in [0.1, 0.15) is 6.42 Å². The summed E-state index contributed by atoms with van der Waals surface area (Å²) < 4.78 is 4.92. The molecule has 1 saturated heterocycles. The molecule has 0 saturated carbocycles. The largest absolute Gasteiger partial charge is 0.386 e. The maximum atomic E-state index is 9.25. The predicted molar refractivity (Wildman–Crippen MR) is 29.4 cm³/mol. The monoisotopic (exact) mass is 117 g/mol. The van der Waals surface area contributed by atoms with Gasteiger partial charge in [-0.25, -0.2) is 0 Å². The van der Waals surface area contributed by atoms with Crippen molar-refractivity contribution in [2.24, 2.45) is 5.73 Å². The average Bonchev–Trinajstić information content (AvgIpc) is 2.17. The van der Waals surface area contributed by atoms with E-state index in [4.69, 9.17) is 10.5 Å². The highest BCUT2D eigenvalue weighted by molar-refractivity contribution is 4.82. The molecule has 1 aliphatic heterocycles. The number of hydrogen-bond donors (Lipinski definition) is 2. The highest BCUT2D eigenvalue weighted by atomic mass is 16.5. The molecule has 1 aliphatic rings. The fraction of sp³-hybridized carbons (Fsp3) is 1.00. The Morgan fingerprint density at radius 1 is 1.75 bits per heavy atom. The Kier molecular flexibility index (Phi) is 1.51. The highest BCUT2D eigenvalue weighted by Crippen LogP contribution is 2.15. The van der Waals surface area contributed by atoms with Gasteiger partial charge in [-0.15, -0.1) is 0 Å². The molecule has 0 bridgehead atoms. The van der Waals surface area contributed by atoms with Gasteiger partial charge in [-0.3, -0.25) is 0 Å². The van der Waals surface area contributed by atoms with Gasteiger partial charge in [0, 0.05) is 19.6 Å². The molecule has 0 aromatic heterocycles. The van der Waals surface area contributed by atoms with Gasteiger partial charge in [-0.05, 0) is 0 Å². The summed E-state index contributed by atoms with van der Waals surface area (Å²) in [5, 5.41) is 9.25. The SMILES string of the molecule is NC[C@]1(O)CCOC1. The van der Waals surface area contributed by atoms with Crippen LogP contribution in [0.2, 0.25) is 0 Å². The molecule has 3 N–H and O–H groups in total. The van der Waals surface area contributed by atoms with Gasteiger partial charge in [-0.2, -0.15) is 0 Å². The molecule has 0 aromatic rings. The third-order valence-electron chi connectivity index (χ3n) is 1.46. The molecular formula is C5H11NO2. The molecule has 0 unspecified atom stereocenters. The first-order valence-electron chi connectivity index (χ1n) is 2.77. The number of nitrogens with two attached hydrogens (primary N) is 1. The number of rotatable bonds is 1. The molecule has 0 aliphatic carbocycles. The summed E-state index contributed by atoms with van der Waals surface area (Å²) in [4.78, 5) is 0. The number of ether oxygens (including phenoxy) is 1. The smallest absolute Gasteiger partial charge is 0.102 e. The molecule has 1 rings (SSSR count). The zero-order valence-corrected chi connectivity index (χ0v) is 4.76. The van der Waals surface area contributed by atoms with Crippen LogP contribution in [-0.2, 0) is 4.74 Å². The van der Waals surface area contributed by atoms with Crippen molar-refractivity contribution in [1.29, 1.82) is 0 Å². The Morgan fingerprint density at radius 3 is 2.75 bits per heavy atom. The lowest BCUT2D eigenvalue weighted by atomic mass is 10.1. The van der Waals surface area contributed by atoms with Crippen molar-refractivity contribution in [1.82, 2.24) is 0 Å². The lowest BCUT2D eigenvalue weighted by Crippen LogP contribution is -2.37. The fourth-order valence-corrected chi connectivity index (χ4v) is 0.757. The second kappa shape index (κ2) is 2.01. The topological polar surface area (TPSA) is 55.5 Å². The van der Waals surface area contributed by atoms with Crippen LogP contribution in [-0.4, -0.2) is 30.5 Å². The van der Waals surface area contributed by atoms with E-state index in [0.29, 0.717) is 26.2 Å². The summed E-state index contributed by atoms with van der Waals surface area (Å²) in [6.45, 7) is 1.37. The molecule has 3 heteroatoms. The summed E-state index contributed by atoms with van der Waals surface area (Å²) >= 11 is 0. The van der Waals surface area contributed by atoms with Crippen LogP contribution >= 0.6 is 0 Å². The van der Waals surface area contributed by atoms with Crippen molar-refractivity contribution >= 4 is 0 Å². The molecule has 1 fully saturated rings. The zero-order valence-electron chi connectivity index (χ0n) is 4.76. The van der Waals surface area contributed by atoms with Crippen LogP contribution in [0, 0.1) is 0 Å². The molecule has 48 valence electrons. The molecule has 0 radical (unpaired) electrons. The molecule has 1 heterocycles. The van der Waals surface area contributed by atoms with Gasteiger partial charge in [0.15, 0.2) is 0 Å². The van der Waals surface area contributed by atoms with E-state index in [2.05, 4.69) is 0 Å². The Hall–Kier alpha value is -0.120. The standard InChI is InChI=1S/C5H11NO2/c6-3-5(7)1-2-8-4-5/h7H,1-4,6H2/t5-/m1/s1. The highest BCUT2D eigenvalue weighted by Gasteiger charge is 2.29. The van der Waals surface area contributed by atoms with Crippen LogP contribution < -0.4 is 5.73 Å². The summed E-state index contributed by atoms with van der Waals surface area (Å²) in [5.41, 5.74) is 4.53. The Bertz CT molecular complexity index is 78.5. The maximum absolute atomic E-state index is 9.25. The van der Waals surface area contributed by atoms with E-state index in [9.17, 15) is 5.11 Å². The Morgan fingerprint density at radius 2 is 2.50 bits per heavy atom. The van der Waals surface area contributed by atoms with E-state index < -0.39 is 5.60 Å². The molecule has 1 atom stereocenters. The van der Waals surface area contributed by atoms with Crippen molar-refractivity contribution in [3.63, 3.8) is 0 Å². The Labute approximate surface area is 48.4 Å². The normalized spacial score (nSPS) is 38.2. The van der Waals surface area contributed by atoms with Crippen LogP contribution in [0.4, 0.5) is 0 Å². The second-order valence-electron chi connectivity index (χ2n) is 2.23. The van der Waals surface area contributed by atoms with Crippen LogP contribution in [0.25, 0.3) is 0 Å². The quantitative estimate of drug-likeness (QED) is 0.468. The van der Waals surface area contributed by atoms with Crippen molar-refractivity contribution in [2.45, 2.75) is 12.0 Å². The van der Waals surface area contributed by atoms with Gasteiger partial charge >= 0.3 is 0 Å². The van der Waals surface area contributed by atoms with Crippen LogP contribution in [0.15, 0.2) is 0 Å². The minimum atomic E-state index is -0.708. The molecule has 8 heavy (non-hydrogen) atoms. The predicted octanol–water partition coefficient (Wildman–Crippen LogP) is -0.904. The molecule has 3 nitrogen and oxygen atoms in total. The van der Waals surface area contributed by atoms with Gasteiger partial charge in [0.1, 0.15) is 5.60 Å². The van der Waals surface area contributed by atoms with Crippen molar-refractivity contribution in [3.05, 3.63) is 0 Å². The fourth-order valence-electron chi connectivity index (χ4n) is 0.757. The van der Waals surface area contributed by atoms with Gasteiger partial charge in [0.25, 0.3) is 0 Å². The second-order valence-corrected chi connectivity index (χ2v) is 2.23. The minimum absolute atomic E-state index is 0.312. The lowest BCUT2D eigenvalue weighted by Gasteiger charge is -2.15. The van der Waals surface area contributed by atoms with Gasteiger partial charge < -0.3 is 15.6 Å². The summed E-state index contributed by atoms with van der Waals surface area (Å²) in [6.07, 6.45) is 0.684. The van der Waals surface area contributed by atoms with Crippen LogP contribution in [0.5, 0.6) is 0 Å². The third kappa shape index (κ3) is 0.992. The average molecular weight is 117 g/mol. The van der Waals surface area contributed by atoms with E-state index in [0.717, 1.165) is 0 Å². The van der Waals surface area contributed by atoms with Crippen molar-refractivity contribution in [3.8, 4) is 0 Å². The minimum Gasteiger partial charge on any atom is -0.386 e. The van der Waals surface area contributed by atoms with Crippen molar-refractivity contribution in [2.75, 3.05) is 19.8 Å². The molecule has 0 amide bonds. The number of aliphatic hydroxyl groups is 1. The van der Waals surface area contributed by atoms with Crippen LogP contribution in [0.3, 0.4) is 0 Å². The summed E-state index contributed by atoms with van der Waals surface area (Å²) in [5.74, 6) is 0. The van der Waals surface area contributed by atoms with Gasteiger partial charge in [0.2, 0.25) is 0 Å². The van der Waals surface area contributed by atoms with Crippen molar-refractivity contribution < 1.29 is 9.84 Å². The first-order chi connectivity index (χ1) is 3.77. The lowest BCUT2D eigenvalue weighted by molar-refractivity contribution is 0.0345. The molecular weight excluding hydrogens is 106 g/mol. The van der Waals surface area contributed by atoms with E-state index in [1.54, 1.807) is 0 Å². The first-order valence-corrected chi connectivity index (χ1v) is 2.77. The van der Waals surface area contributed by atoms with E-state index in [-0.39, 0.29) is 0 Å².